The van der Waals surface area contributed by atoms with E-state index in [0.29, 0.717) is 28.8 Å². The van der Waals surface area contributed by atoms with Crippen LogP contribution in [0.2, 0.25) is 0 Å². The number of carbonyl (C=O) groups excluding carboxylic acids is 4. The first-order chi connectivity index (χ1) is 15.4. The van der Waals surface area contributed by atoms with Crippen LogP contribution in [0.4, 0.5) is 5.69 Å². The summed E-state index contributed by atoms with van der Waals surface area (Å²) in [5.74, 6) is 0.159. The van der Waals surface area contributed by atoms with E-state index in [1.807, 2.05) is 0 Å². The number of rotatable bonds is 4. The van der Waals surface area contributed by atoms with Crippen LogP contribution in [-0.2, 0) is 9.59 Å². The van der Waals surface area contributed by atoms with Crippen LogP contribution in [0.25, 0.3) is 0 Å². The predicted molar refractivity (Wildman–Crippen MR) is 115 cm³/mol. The van der Waals surface area contributed by atoms with Crippen molar-refractivity contribution < 1.29 is 23.9 Å². The molecule has 2 saturated carbocycles. The van der Waals surface area contributed by atoms with Crippen LogP contribution in [0.5, 0.6) is 5.75 Å². The van der Waals surface area contributed by atoms with Crippen LogP contribution in [0.15, 0.2) is 60.7 Å². The zero-order valence-corrected chi connectivity index (χ0v) is 17.4. The second-order valence-corrected chi connectivity index (χ2v) is 9.19. The lowest BCUT2D eigenvalue weighted by Gasteiger charge is -2.37. The van der Waals surface area contributed by atoms with E-state index in [2.05, 4.69) is 12.2 Å². The molecule has 2 amide bonds. The van der Waals surface area contributed by atoms with Crippen molar-refractivity contribution in [3.63, 3.8) is 0 Å². The maximum atomic E-state index is 13.3. The van der Waals surface area contributed by atoms with E-state index in [1.165, 1.54) is 17.9 Å². The normalized spacial score (nSPS) is 31.3. The van der Waals surface area contributed by atoms with Crippen LogP contribution in [-0.4, -0.2) is 23.6 Å². The highest BCUT2D eigenvalue weighted by Gasteiger charge is 2.67. The van der Waals surface area contributed by atoms with E-state index in [4.69, 9.17) is 4.74 Å². The third-order valence-electron chi connectivity index (χ3n) is 7.47. The SMILES string of the molecule is CC(=O)c1ccc(OC(=O)c2cccc(N3C(=O)C4C5C=CC(C6CC56)C4C3=O)c2)cc1. The Morgan fingerprint density at radius 3 is 2.09 bits per heavy atom. The largest absolute Gasteiger partial charge is 0.423 e. The summed E-state index contributed by atoms with van der Waals surface area (Å²) in [5, 5.41) is 0. The van der Waals surface area contributed by atoms with Gasteiger partial charge in [-0.3, -0.25) is 14.4 Å². The molecule has 2 aromatic carbocycles. The summed E-state index contributed by atoms with van der Waals surface area (Å²) >= 11 is 0. The molecule has 7 rings (SSSR count). The average molecular weight is 427 g/mol. The quantitative estimate of drug-likeness (QED) is 0.245. The van der Waals surface area contributed by atoms with E-state index in [9.17, 15) is 19.2 Å². The van der Waals surface area contributed by atoms with Gasteiger partial charge in [0, 0.05) is 5.56 Å². The molecule has 0 N–H and O–H groups in total. The Hall–Kier alpha value is -3.54. The van der Waals surface area contributed by atoms with E-state index in [-0.39, 0.29) is 46.8 Å². The molecule has 1 heterocycles. The first-order valence-corrected chi connectivity index (χ1v) is 10.9. The maximum absolute atomic E-state index is 13.3. The third-order valence-corrected chi connectivity index (χ3v) is 7.47. The van der Waals surface area contributed by atoms with Gasteiger partial charge in [0.15, 0.2) is 5.78 Å². The van der Waals surface area contributed by atoms with E-state index >= 15 is 0 Å². The highest BCUT2D eigenvalue weighted by atomic mass is 16.5. The van der Waals surface area contributed by atoms with Crippen molar-refractivity contribution in [2.45, 2.75) is 13.3 Å². The van der Waals surface area contributed by atoms with Gasteiger partial charge in [-0.25, -0.2) is 9.69 Å². The highest BCUT2D eigenvalue weighted by molar-refractivity contribution is 6.23. The number of esters is 1. The average Bonchev–Trinajstić information content (AvgIpc) is 3.57. The van der Waals surface area contributed by atoms with Crippen molar-refractivity contribution in [2.75, 3.05) is 4.90 Å². The molecule has 2 aromatic rings. The van der Waals surface area contributed by atoms with Gasteiger partial charge in [-0.2, -0.15) is 0 Å². The maximum Gasteiger partial charge on any atom is 0.343 e. The lowest BCUT2D eigenvalue weighted by atomic mass is 9.63. The Balaban J connectivity index is 1.25. The van der Waals surface area contributed by atoms with E-state index in [1.54, 1.807) is 42.5 Å². The van der Waals surface area contributed by atoms with E-state index < -0.39 is 5.97 Å². The minimum atomic E-state index is -0.595. The zero-order chi connectivity index (χ0) is 22.1. The fraction of sp³-hybridized carbons (Fsp3) is 0.308. The number of anilines is 1. The molecule has 1 saturated heterocycles. The number of hydrogen-bond donors (Lipinski definition) is 0. The standard InChI is InChI=1S/C26H21NO5/c1-13(28)14-5-7-17(8-6-14)32-26(31)15-3-2-4-16(11-15)27-24(29)22-18-9-10-19(21-12-20(18)21)23(22)25(27)30/h2-11,18-23H,12H2,1H3. The van der Waals surface area contributed by atoms with Gasteiger partial charge < -0.3 is 4.74 Å². The predicted octanol–water partition coefficient (Wildman–Crippen LogP) is 3.67. The Morgan fingerprint density at radius 1 is 0.875 bits per heavy atom. The molecule has 6 nitrogen and oxygen atoms in total. The molecule has 6 atom stereocenters. The summed E-state index contributed by atoms with van der Waals surface area (Å²) in [6.45, 7) is 1.47. The molecule has 2 bridgehead atoms. The smallest absolute Gasteiger partial charge is 0.343 e. The molecule has 6 heteroatoms. The van der Waals surface area contributed by atoms with Crippen molar-refractivity contribution in [1.29, 1.82) is 0 Å². The minimum Gasteiger partial charge on any atom is -0.423 e. The molecule has 3 fully saturated rings. The Bertz CT molecular complexity index is 1180. The van der Waals surface area contributed by atoms with Crippen molar-refractivity contribution in [2.24, 2.45) is 35.5 Å². The summed E-state index contributed by atoms with van der Waals surface area (Å²) in [7, 11) is 0. The van der Waals surface area contributed by atoms with E-state index in [0.717, 1.165) is 6.42 Å². The molecule has 32 heavy (non-hydrogen) atoms. The molecular weight excluding hydrogens is 406 g/mol. The molecule has 6 unspecified atom stereocenters. The molecule has 0 radical (unpaired) electrons. The van der Waals surface area contributed by atoms with Crippen molar-refractivity contribution in [1.82, 2.24) is 0 Å². The zero-order valence-electron chi connectivity index (χ0n) is 17.4. The minimum absolute atomic E-state index is 0.0722. The molecule has 5 aliphatic rings. The third kappa shape index (κ3) is 2.72. The second-order valence-electron chi connectivity index (χ2n) is 9.19. The topological polar surface area (TPSA) is 80.8 Å². The molecule has 4 aliphatic carbocycles. The molecular formula is C26H21NO5. The summed E-state index contributed by atoms with van der Waals surface area (Å²) in [6, 6.07) is 12.8. The molecule has 0 aromatic heterocycles. The van der Waals surface area contributed by atoms with Crippen LogP contribution >= 0.6 is 0 Å². The number of allylic oxidation sites excluding steroid dienone is 2. The lowest BCUT2D eigenvalue weighted by Crippen LogP contribution is -2.40. The number of ether oxygens (including phenoxy) is 1. The van der Waals surface area contributed by atoms with Gasteiger partial charge in [0.2, 0.25) is 11.8 Å². The van der Waals surface area contributed by atoms with Crippen LogP contribution in [0.3, 0.4) is 0 Å². The van der Waals surface area contributed by atoms with Crippen LogP contribution < -0.4 is 9.64 Å². The number of hydrogen-bond acceptors (Lipinski definition) is 5. The number of Topliss-reactive ketones (excluding diaryl/α,β-unsaturated/α-hetero) is 1. The monoisotopic (exact) mass is 427 g/mol. The molecule has 1 aliphatic heterocycles. The number of nitrogens with zero attached hydrogens (tertiary/aromatic N) is 1. The fourth-order valence-electron chi connectivity index (χ4n) is 5.91. The lowest BCUT2D eigenvalue weighted by molar-refractivity contribution is -0.124. The van der Waals surface area contributed by atoms with Gasteiger partial charge in [-0.05, 0) is 79.5 Å². The van der Waals surface area contributed by atoms with Gasteiger partial charge in [-0.15, -0.1) is 0 Å². The number of amides is 2. The highest BCUT2D eigenvalue weighted by Crippen LogP contribution is 2.65. The first kappa shape index (κ1) is 19.2. The summed E-state index contributed by atoms with van der Waals surface area (Å²) < 4.78 is 5.42. The number of ketones is 1. The fourth-order valence-corrected chi connectivity index (χ4v) is 5.91. The number of benzene rings is 2. The Morgan fingerprint density at radius 2 is 1.50 bits per heavy atom. The van der Waals surface area contributed by atoms with Gasteiger partial charge in [0.05, 0.1) is 23.1 Å². The molecule has 0 spiro atoms. The Kier molecular flexibility index (Phi) is 4.03. The molecule has 160 valence electrons. The van der Waals surface area contributed by atoms with Crippen molar-refractivity contribution in [3.05, 3.63) is 71.8 Å². The summed E-state index contributed by atoms with van der Waals surface area (Å²) in [4.78, 5) is 51.9. The van der Waals surface area contributed by atoms with Crippen molar-refractivity contribution in [3.8, 4) is 5.75 Å². The van der Waals surface area contributed by atoms with Crippen LogP contribution in [0, 0.1) is 35.5 Å². The number of imide groups is 1. The van der Waals surface area contributed by atoms with Gasteiger partial charge in [0.1, 0.15) is 5.75 Å². The van der Waals surface area contributed by atoms with Gasteiger partial charge in [0.25, 0.3) is 0 Å². The second kappa shape index (κ2) is 6.73. The number of carbonyl (C=O) groups is 4. The van der Waals surface area contributed by atoms with Crippen LogP contribution in [0.1, 0.15) is 34.1 Å². The van der Waals surface area contributed by atoms with Crippen molar-refractivity contribution >= 4 is 29.3 Å². The van der Waals surface area contributed by atoms with Gasteiger partial charge >= 0.3 is 5.97 Å². The Labute approximate surface area is 184 Å². The van der Waals surface area contributed by atoms with Gasteiger partial charge in [-0.1, -0.05) is 18.2 Å². The summed E-state index contributed by atoms with van der Waals surface area (Å²) in [5.41, 5.74) is 1.18. The summed E-state index contributed by atoms with van der Waals surface area (Å²) in [6.07, 6.45) is 5.39. The first-order valence-electron chi connectivity index (χ1n) is 10.9.